The number of ketones is 1. The number of Topliss-reactive ketones (excluding diaryl/α,β-unsaturated/α-hetero) is 1. The van der Waals surface area contributed by atoms with Crippen LogP contribution in [-0.4, -0.2) is 43.3 Å². The monoisotopic (exact) mass is 462 g/mol. The highest BCUT2D eigenvalue weighted by Crippen LogP contribution is 2.36. The SMILES string of the molecule is O=C1COc2ccc(C(=O)COC(=O)C3CCCCC3C(=O)N3CCc4ccccc43)cc2N1. The molecule has 1 saturated carbocycles. The van der Waals surface area contributed by atoms with Gasteiger partial charge in [0.05, 0.1) is 17.5 Å². The van der Waals surface area contributed by atoms with Gasteiger partial charge in [0.25, 0.3) is 5.91 Å². The molecule has 1 fully saturated rings. The van der Waals surface area contributed by atoms with Crippen molar-refractivity contribution in [1.29, 1.82) is 0 Å². The molecule has 8 heteroatoms. The van der Waals surface area contributed by atoms with E-state index in [-0.39, 0.29) is 24.2 Å². The Morgan fingerprint density at radius 3 is 2.71 bits per heavy atom. The zero-order valence-corrected chi connectivity index (χ0v) is 18.7. The summed E-state index contributed by atoms with van der Waals surface area (Å²) in [5, 5.41) is 2.66. The predicted octanol–water partition coefficient (Wildman–Crippen LogP) is 3.14. The molecule has 176 valence electrons. The number of nitrogens with one attached hydrogen (secondary N) is 1. The van der Waals surface area contributed by atoms with E-state index >= 15 is 0 Å². The van der Waals surface area contributed by atoms with E-state index in [4.69, 9.17) is 9.47 Å². The lowest BCUT2D eigenvalue weighted by Crippen LogP contribution is -2.42. The molecular formula is C26H26N2O6. The molecule has 2 aliphatic heterocycles. The molecule has 2 aromatic rings. The molecule has 1 N–H and O–H groups in total. The number of ether oxygens (including phenoxy) is 2. The van der Waals surface area contributed by atoms with Gasteiger partial charge in [-0.2, -0.15) is 0 Å². The first-order chi connectivity index (χ1) is 16.5. The maximum atomic E-state index is 13.4. The van der Waals surface area contributed by atoms with Crippen LogP contribution in [0.1, 0.15) is 41.6 Å². The van der Waals surface area contributed by atoms with E-state index in [1.165, 1.54) is 6.07 Å². The van der Waals surface area contributed by atoms with Crippen LogP contribution < -0.4 is 15.0 Å². The molecule has 2 amide bonds. The molecule has 0 saturated heterocycles. The largest absolute Gasteiger partial charge is 0.482 e. The fraction of sp³-hybridized carbons (Fsp3) is 0.385. The van der Waals surface area contributed by atoms with Crippen LogP contribution >= 0.6 is 0 Å². The molecule has 5 rings (SSSR count). The molecule has 0 bridgehead atoms. The van der Waals surface area contributed by atoms with Crippen LogP contribution in [0.25, 0.3) is 0 Å². The fourth-order valence-electron chi connectivity index (χ4n) is 5.06. The van der Waals surface area contributed by atoms with E-state index in [2.05, 4.69) is 5.32 Å². The summed E-state index contributed by atoms with van der Waals surface area (Å²) in [6.07, 6.45) is 3.75. The maximum Gasteiger partial charge on any atom is 0.310 e. The van der Waals surface area contributed by atoms with Crippen LogP contribution in [0.15, 0.2) is 42.5 Å². The number of carbonyl (C=O) groups is 4. The third kappa shape index (κ3) is 4.27. The van der Waals surface area contributed by atoms with E-state index in [1.54, 1.807) is 17.0 Å². The average Bonchev–Trinajstić information content (AvgIpc) is 3.30. The summed E-state index contributed by atoms with van der Waals surface area (Å²) < 4.78 is 10.7. The lowest BCUT2D eigenvalue weighted by molar-refractivity contribution is -0.153. The number of carbonyl (C=O) groups excluding carboxylic acids is 4. The van der Waals surface area contributed by atoms with Crippen molar-refractivity contribution in [3.63, 3.8) is 0 Å². The second-order valence-electron chi connectivity index (χ2n) is 8.94. The average molecular weight is 463 g/mol. The molecule has 0 radical (unpaired) electrons. The smallest absolute Gasteiger partial charge is 0.310 e. The van der Waals surface area contributed by atoms with E-state index in [9.17, 15) is 19.2 Å². The maximum absolute atomic E-state index is 13.4. The van der Waals surface area contributed by atoms with Gasteiger partial charge in [-0.3, -0.25) is 19.2 Å². The van der Waals surface area contributed by atoms with Gasteiger partial charge < -0.3 is 19.7 Å². The number of rotatable bonds is 5. The molecule has 0 spiro atoms. The van der Waals surface area contributed by atoms with Gasteiger partial charge in [-0.05, 0) is 49.1 Å². The molecule has 2 atom stereocenters. The third-order valence-electron chi connectivity index (χ3n) is 6.82. The first-order valence-corrected chi connectivity index (χ1v) is 11.7. The Morgan fingerprint density at radius 2 is 1.85 bits per heavy atom. The molecule has 2 unspecified atom stereocenters. The van der Waals surface area contributed by atoms with E-state index < -0.39 is 24.4 Å². The van der Waals surface area contributed by atoms with Crippen LogP contribution in [0.3, 0.4) is 0 Å². The number of nitrogens with zero attached hydrogens (tertiary/aromatic N) is 1. The quantitative estimate of drug-likeness (QED) is 0.541. The summed E-state index contributed by atoms with van der Waals surface area (Å²) >= 11 is 0. The molecule has 2 aromatic carbocycles. The minimum Gasteiger partial charge on any atom is -0.482 e. The lowest BCUT2D eigenvalue weighted by Gasteiger charge is -2.32. The van der Waals surface area contributed by atoms with Crippen molar-refractivity contribution in [1.82, 2.24) is 0 Å². The Balaban J connectivity index is 1.24. The number of esters is 1. The summed E-state index contributed by atoms with van der Waals surface area (Å²) in [5.74, 6) is -1.74. The predicted molar refractivity (Wildman–Crippen MR) is 124 cm³/mol. The number of fused-ring (bicyclic) bond motifs is 2. The number of para-hydroxylation sites is 1. The Kier molecular flexibility index (Phi) is 6.04. The summed E-state index contributed by atoms with van der Waals surface area (Å²) in [5.41, 5.74) is 2.78. The molecule has 1 aliphatic carbocycles. The number of hydrogen-bond donors (Lipinski definition) is 1. The highest BCUT2D eigenvalue weighted by molar-refractivity contribution is 6.02. The standard InChI is InChI=1S/C26H26N2O6/c29-22(17-9-10-23-20(13-17)27-24(30)15-33-23)14-34-26(32)19-7-3-2-6-18(19)25(31)28-12-11-16-5-1-4-8-21(16)28/h1,4-5,8-10,13,18-19H,2-3,6-7,11-12,14-15H2,(H,27,30). The number of hydrogen-bond acceptors (Lipinski definition) is 6. The van der Waals surface area contributed by atoms with Gasteiger partial charge in [-0.1, -0.05) is 31.0 Å². The minimum absolute atomic E-state index is 0.0386. The van der Waals surface area contributed by atoms with E-state index in [0.717, 1.165) is 30.5 Å². The van der Waals surface area contributed by atoms with Crippen LogP contribution in [0.5, 0.6) is 5.75 Å². The van der Waals surface area contributed by atoms with Crippen LogP contribution in [0, 0.1) is 11.8 Å². The topological polar surface area (TPSA) is 102 Å². The van der Waals surface area contributed by atoms with E-state index in [1.807, 2.05) is 24.3 Å². The van der Waals surface area contributed by atoms with Crippen molar-refractivity contribution in [3.8, 4) is 5.75 Å². The third-order valence-corrected chi connectivity index (χ3v) is 6.82. The van der Waals surface area contributed by atoms with Crippen molar-refractivity contribution in [2.45, 2.75) is 32.1 Å². The molecule has 34 heavy (non-hydrogen) atoms. The normalized spacial score (nSPS) is 21.1. The Bertz CT molecular complexity index is 1160. The highest BCUT2D eigenvalue weighted by Gasteiger charge is 2.40. The second kappa shape index (κ2) is 9.29. The van der Waals surface area contributed by atoms with Gasteiger partial charge in [0, 0.05) is 17.8 Å². The molecule has 0 aromatic heterocycles. The second-order valence-corrected chi connectivity index (χ2v) is 8.94. The first-order valence-electron chi connectivity index (χ1n) is 11.7. The van der Waals surface area contributed by atoms with Gasteiger partial charge in [0.15, 0.2) is 19.0 Å². The van der Waals surface area contributed by atoms with E-state index in [0.29, 0.717) is 36.4 Å². The van der Waals surface area contributed by atoms with Gasteiger partial charge in [0.2, 0.25) is 5.91 Å². The van der Waals surface area contributed by atoms with Crippen molar-refractivity contribution < 1.29 is 28.7 Å². The van der Waals surface area contributed by atoms with Gasteiger partial charge in [-0.25, -0.2) is 0 Å². The fourth-order valence-corrected chi connectivity index (χ4v) is 5.06. The summed E-state index contributed by atoms with van der Waals surface area (Å²) in [6, 6.07) is 12.5. The summed E-state index contributed by atoms with van der Waals surface area (Å²) in [4.78, 5) is 52.3. The zero-order valence-electron chi connectivity index (χ0n) is 18.7. The Morgan fingerprint density at radius 1 is 1.06 bits per heavy atom. The molecule has 8 nitrogen and oxygen atoms in total. The number of anilines is 2. The lowest BCUT2D eigenvalue weighted by atomic mass is 9.78. The van der Waals surface area contributed by atoms with Gasteiger partial charge in [-0.15, -0.1) is 0 Å². The molecule has 2 heterocycles. The molecule has 3 aliphatic rings. The Hall–Kier alpha value is -3.68. The van der Waals surface area contributed by atoms with Crippen molar-refractivity contribution >= 4 is 34.9 Å². The first kappa shape index (κ1) is 22.1. The Labute approximate surface area is 197 Å². The van der Waals surface area contributed by atoms with Gasteiger partial charge in [0.1, 0.15) is 5.75 Å². The van der Waals surface area contributed by atoms with Crippen molar-refractivity contribution in [2.75, 3.05) is 30.0 Å². The number of amides is 2. The minimum atomic E-state index is -0.557. The van der Waals surface area contributed by atoms with Crippen LogP contribution in [0.4, 0.5) is 11.4 Å². The highest BCUT2D eigenvalue weighted by atomic mass is 16.5. The summed E-state index contributed by atoms with van der Waals surface area (Å²) in [6.45, 7) is 0.131. The molecular weight excluding hydrogens is 436 g/mol. The van der Waals surface area contributed by atoms with Crippen molar-refractivity contribution in [3.05, 3.63) is 53.6 Å². The van der Waals surface area contributed by atoms with Gasteiger partial charge >= 0.3 is 5.97 Å². The van der Waals surface area contributed by atoms with Crippen LogP contribution in [0.2, 0.25) is 0 Å². The van der Waals surface area contributed by atoms with Crippen molar-refractivity contribution in [2.24, 2.45) is 11.8 Å². The van der Waals surface area contributed by atoms with Crippen LogP contribution in [-0.2, 0) is 25.5 Å². The summed E-state index contributed by atoms with van der Waals surface area (Å²) in [7, 11) is 0. The number of benzene rings is 2. The zero-order chi connectivity index (χ0) is 23.7.